The van der Waals surface area contributed by atoms with Crippen LogP contribution in [-0.2, 0) is 36.6 Å². The van der Waals surface area contributed by atoms with Crippen molar-refractivity contribution in [2.45, 2.75) is 109 Å². The van der Waals surface area contributed by atoms with Gasteiger partial charge in [-0.05, 0) is 36.2 Å². The van der Waals surface area contributed by atoms with Crippen LogP contribution in [0.3, 0.4) is 0 Å². The maximum Gasteiger partial charge on any atom is 0.192 e. The Morgan fingerprint density at radius 3 is 2.10 bits per heavy atom. The van der Waals surface area contributed by atoms with E-state index >= 15 is 0 Å². The van der Waals surface area contributed by atoms with Crippen molar-refractivity contribution in [2.75, 3.05) is 13.7 Å². The summed E-state index contributed by atoms with van der Waals surface area (Å²) in [5.74, 6) is 0.0237. The van der Waals surface area contributed by atoms with E-state index in [2.05, 4.69) is 65.1 Å². The molecule has 0 aliphatic carbocycles. The van der Waals surface area contributed by atoms with E-state index in [0.29, 0.717) is 19.8 Å². The summed E-state index contributed by atoms with van der Waals surface area (Å²) in [5, 5.41) is 11.1. The number of rotatable bonds is 15. The molecule has 1 saturated heterocycles. The van der Waals surface area contributed by atoms with Crippen LogP contribution in [0.5, 0.6) is 0 Å². The Balaban J connectivity index is 1.67. The predicted octanol–water partition coefficient (Wildman–Crippen LogP) is 6.92. The van der Waals surface area contributed by atoms with Crippen LogP contribution < -0.4 is 0 Å². The Kier molecular flexibility index (Phi) is 12.8. The standard InChI is InChI=1S/C34H52O6Si/c1-25(31-21-32(36-6)33(39-31)24-37-22-27-15-11-9-12-16-27)30(38-23-28-17-13-10-14-18-28)20-19-29(35)26(2)40-41(7,8)34(3,4)5/h9-20,25-26,29-33,35H,21-24H2,1-8H3/b20-19+/t25-,26-,29+,30+,31+,32-,33-/m0/s1. The first kappa shape index (κ1) is 33.7. The topological polar surface area (TPSA) is 66.4 Å². The zero-order valence-electron chi connectivity index (χ0n) is 26.3. The maximum atomic E-state index is 11.0. The lowest BCUT2D eigenvalue weighted by Gasteiger charge is -2.39. The summed E-state index contributed by atoms with van der Waals surface area (Å²) < 4.78 is 31.2. The SMILES string of the molecule is CO[C@H]1C[C@H]([C@@H](C)[C@@H](/C=C/[C@@H](O)[C@H](C)O[Si](C)(C)C(C)(C)C)OCc2ccccc2)O[C@H]1COCc1ccccc1. The molecule has 228 valence electrons. The first-order valence-electron chi connectivity index (χ1n) is 14.9. The average Bonchev–Trinajstić information content (AvgIpc) is 3.36. The molecule has 2 aromatic rings. The second-order valence-electron chi connectivity index (χ2n) is 12.8. The van der Waals surface area contributed by atoms with Gasteiger partial charge in [0.05, 0.1) is 50.3 Å². The molecule has 1 heterocycles. The molecule has 2 aromatic carbocycles. The van der Waals surface area contributed by atoms with Crippen LogP contribution in [0.2, 0.25) is 18.1 Å². The lowest BCUT2D eigenvalue weighted by molar-refractivity contribution is -0.0823. The van der Waals surface area contributed by atoms with E-state index in [4.69, 9.17) is 23.4 Å². The number of methoxy groups -OCH3 is 1. The minimum absolute atomic E-state index is 0.0237. The van der Waals surface area contributed by atoms with Crippen LogP contribution in [0.25, 0.3) is 0 Å². The molecular formula is C34H52O6Si. The summed E-state index contributed by atoms with van der Waals surface area (Å²) in [6.45, 7) is 16.6. The summed E-state index contributed by atoms with van der Waals surface area (Å²) in [6.07, 6.45) is 2.95. The number of ether oxygens (including phenoxy) is 4. The molecule has 1 aliphatic rings. The fraction of sp³-hybridized carbons (Fsp3) is 0.588. The first-order chi connectivity index (χ1) is 19.4. The molecule has 1 N–H and O–H groups in total. The van der Waals surface area contributed by atoms with Crippen LogP contribution in [0.4, 0.5) is 0 Å². The highest BCUT2D eigenvalue weighted by Crippen LogP contribution is 2.38. The third-order valence-electron chi connectivity index (χ3n) is 8.58. The molecule has 1 aliphatic heterocycles. The van der Waals surface area contributed by atoms with Crippen molar-refractivity contribution in [3.63, 3.8) is 0 Å². The molecule has 0 bridgehead atoms. The van der Waals surface area contributed by atoms with Gasteiger partial charge in [-0.15, -0.1) is 0 Å². The molecule has 0 radical (unpaired) electrons. The van der Waals surface area contributed by atoms with E-state index < -0.39 is 14.4 Å². The second kappa shape index (κ2) is 15.6. The van der Waals surface area contributed by atoms with Gasteiger partial charge in [0.2, 0.25) is 0 Å². The third-order valence-corrected chi connectivity index (χ3v) is 13.2. The number of hydrogen-bond acceptors (Lipinski definition) is 6. The van der Waals surface area contributed by atoms with Gasteiger partial charge >= 0.3 is 0 Å². The van der Waals surface area contributed by atoms with Gasteiger partial charge in [0.1, 0.15) is 6.10 Å². The third kappa shape index (κ3) is 10.1. The first-order valence-corrected chi connectivity index (χ1v) is 17.8. The van der Waals surface area contributed by atoms with Crippen LogP contribution >= 0.6 is 0 Å². The Labute approximate surface area is 249 Å². The molecule has 6 nitrogen and oxygen atoms in total. The smallest absolute Gasteiger partial charge is 0.192 e. The molecule has 41 heavy (non-hydrogen) atoms. The fourth-order valence-electron chi connectivity index (χ4n) is 4.80. The van der Waals surface area contributed by atoms with Gasteiger partial charge in [0.15, 0.2) is 8.32 Å². The summed E-state index contributed by atoms with van der Waals surface area (Å²) in [4.78, 5) is 0. The van der Waals surface area contributed by atoms with Crippen molar-refractivity contribution in [2.24, 2.45) is 5.92 Å². The molecule has 0 amide bonds. The highest BCUT2D eigenvalue weighted by atomic mass is 28.4. The molecule has 7 heteroatoms. The summed E-state index contributed by atoms with van der Waals surface area (Å²) >= 11 is 0. The minimum atomic E-state index is -2.01. The van der Waals surface area contributed by atoms with Crippen molar-refractivity contribution in [1.82, 2.24) is 0 Å². The zero-order valence-corrected chi connectivity index (χ0v) is 27.3. The normalized spacial score (nSPS) is 23.0. The number of aliphatic hydroxyl groups excluding tert-OH is 1. The molecule has 0 spiro atoms. The summed E-state index contributed by atoms with van der Waals surface area (Å²) in [7, 11) is -0.282. The van der Waals surface area contributed by atoms with Crippen molar-refractivity contribution in [3.8, 4) is 0 Å². The summed E-state index contributed by atoms with van der Waals surface area (Å²) in [6, 6.07) is 20.3. The van der Waals surface area contributed by atoms with Crippen molar-refractivity contribution in [3.05, 3.63) is 83.9 Å². The van der Waals surface area contributed by atoms with E-state index in [1.807, 2.05) is 55.5 Å². The monoisotopic (exact) mass is 584 g/mol. The molecule has 3 rings (SSSR count). The van der Waals surface area contributed by atoms with Crippen molar-refractivity contribution in [1.29, 1.82) is 0 Å². The van der Waals surface area contributed by atoms with Gasteiger partial charge < -0.3 is 28.5 Å². The Morgan fingerprint density at radius 1 is 0.951 bits per heavy atom. The Morgan fingerprint density at radius 2 is 1.54 bits per heavy atom. The van der Waals surface area contributed by atoms with Gasteiger partial charge in [0, 0.05) is 19.4 Å². The van der Waals surface area contributed by atoms with Gasteiger partial charge in [-0.3, -0.25) is 0 Å². The Bertz CT molecular complexity index is 1040. The van der Waals surface area contributed by atoms with Crippen LogP contribution in [0.15, 0.2) is 72.8 Å². The van der Waals surface area contributed by atoms with Crippen LogP contribution in [0, 0.1) is 5.92 Å². The van der Waals surface area contributed by atoms with Crippen molar-refractivity contribution < 1.29 is 28.5 Å². The predicted molar refractivity (Wildman–Crippen MR) is 167 cm³/mol. The lowest BCUT2D eigenvalue weighted by Crippen LogP contribution is -2.45. The quantitative estimate of drug-likeness (QED) is 0.181. The minimum Gasteiger partial charge on any atom is -0.411 e. The largest absolute Gasteiger partial charge is 0.411 e. The second-order valence-corrected chi connectivity index (χ2v) is 17.6. The van der Waals surface area contributed by atoms with Gasteiger partial charge in [-0.25, -0.2) is 0 Å². The highest BCUT2D eigenvalue weighted by molar-refractivity contribution is 6.74. The van der Waals surface area contributed by atoms with Gasteiger partial charge in [0.25, 0.3) is 0 Å². The Hall–Kier alpha value is -1.84. The maximum absolute atomic E-state index is 11.0. The van der Waals surface area contributed by atoms with E-state index in [1.54, 1.807) is 7.11 Å². The lowest BCUT2D eigenvalue weighted by atomic mass is 9.94. The molecular weight excluding hydrogens is 532 g/mol. The highest BCUT2D eigenvalue weighted by Gasteiger charge is 2.41. The van der Waals surface area contributed by atoms with E-state index in [0.717, 1.165) is 17.5 Å². The molecule has 7 atom stereocenters. The van der Waals surface area contributed by atoms with Gasteiger partial charge in [-0.2, -0.15) is 0 Å². The van der Waals surface area contributed by atoms with Crippen molar-refractivity contribution >= 4 is 8.32 Å². The molecule has 0 saturated carbocycles. The number of aliphatic hydroxyl groups is 1. The number of benzene rings is 2. The molecule has 1 fully saturated rings. The zero-order chi connectivity index (χ0) is 30.0. The number of hydrogen-bond donors (Lipinski definition) is 1. The molecule has 0 aromatic heterocycles. The molecule has 0 unspecified atom stereocenters. The fourth-order valence-corrected chi connectivity index (χ4v) is 6.22. The average molecular weight is 585 g/mol. The van der Waals surface area contributed by atoms with Crippen LogP contribution in [-0.4, -0.2) is 63.8 Å². The van der Waals surface area contributed by atoms with Gasteiger partial charge in [-0.1, -0.05) is 101 Å². The van der Waals surface area contributed by atoms with Crippen LogP contribution in [0.1, 0.15) is 52.2 Å². The van der Waals surface area contributed by atoms with E-state index in [9.17, 15) is 5.11 Å². The van der Waals surface area contributed by atoms with E-state index in [1.165, 1.54) is 0 Å². The van der Waals surface area contributed by atoms with E-state index in [-0.39, 0.29) is 41.5 Å². The summed E-state index contributed by atoms with van der Waals surface area (Å²) in [5.41, 5.74) is 2.23.